The SMILES string of the molecule is Cc1ccc(S(=O)(=O)N2CCC(Sc3nc4ccccc4n3Cc3cnc(C)o3)CC2)cc1. The maximum absolute atomic E-state index is 13.0. The van der Waals surface area contributed by atoms with E-state index < -0.39 is 10.0 Å². The number of rotatable bonds is 6. The largest absolute Gasteiger partial charge is 0.444 e. The van der Waals surface area contributed by atoms with Gasteiger partial charge in [-0.1, -0.05) is 41.6 Å². The Hall–Kier alpha value is -2.62. The van der Waals surface area contributed by atoms with Crippen LogP contribution in [-0.2, 0) is 16.6 Å². The average Bonchev–Trinajstić information content (AvgIpc) is 3.38. The van der Waals surface area contributed by atoms with Gasteiger partial charge in [-0.3, -0.25) is 0 Å². The molecule has 2 aromatic heterocycles. The molecule has 3 heterocycles. The van der Waals surface area contributed by atoms with Crippen molar-refractivity contribution in [3.8, 4) is 0 Å². The molecule has 7 nitrogen and oxygen atoms in total. The third-order valence-electron chi connectivity index (χ3n) is 5.93. The Morgan fingerprint density at radius 2 is 1.79 bits per heavy atom. The number of aryl methyl sites for hydroxylation is 2. The molecular weight excluding hydrogens is 456 g/mol. The van der Waals surface area contributed by atoms with Crippen LogP contribution in [0, 0.1) is 13.8 Å². The first kappa shape index (κ1) is 22.2. The lowest BCUT2D eigenvalue weighted by Crippen LogP contribution is -2.39. The van der Waals surface area contributed by atoms with Crippen molar-refractivity contribution in [2.45, 2.75) is 48.5 Å². The number of fused-ring (bicyclic) bond motifs is 1. The van der Waals surface area contributed by atoms with Crippen molar-refractivity contribution in [3.63, 3.8) is 0 Å². The summed E-state index contributed by atoms with van der Waals surface area (Å²) >= 11 is 1.72. The first-order valence-electron chi connectivity index (χ1n) is 11.0. The second-order valence-corrected chi connectivity index (χ2v) is 11.6. The summed E-state index contributed by atoms with van der Waals surface area (Å²) in [5, 5.41) is 1.21. The number of hydrogen-bond donors (Lipinski definition) is 0. The van der Waals surface area contributed by atoms with Gasteiger partial charge in [-0.2, -0.15) is 4.31 Å². The monoisotopic (exact) mass is 482 g/mol. The molecule has 0 amide bonds. The molecule has 33 heavy (non-hydrogen) atoms. The Morgan fingerprint density at radius 1 is 1.06 bits per heavy atom. The standard InChI is InChI=1S/C24H26N4O3S2/c1-17-7-9-21(10-8-17)33(29,30)27-13-11-20(12-14-27)32-24-26-22-5-3-4-6-23(22)28(24)16-19-15-25-18(2)31-19/h3-10,15,20H,11-14,16H2,1-2H3. The molecule has 4 aromatic rings. The fourth-order valence-electron chi connectivity index (χ4n) is 4.13. The molecule has 0 aliphatic carbocycles. The second-order valence-electron chi connectivity index (χ2n) is 8.35. The first-order valence-corrected chi connectivity index (χ1v) is 13.3. The molecule has 0 radical (unpaired) electrons. The van der Waals surface area contributed by atoms with Gasteiger partial charge < -0.3 is 8.98 Å². The molecule has 0 saturated carbocycles. The van der Waals surface area contributed by atoms with E-state index in [2.05, 4.69) is 15.6 Å². The van der Waals surface area contributed by atoms with Gasteiger partial charge in [0.05, 0.1) is 28.7 Å². The van der Waals surface area contributed by atoms with Crippen LogP contribution in [0.25, 0.3) is 11.0 Å². The maximum Gasteiger partial charge on any atom is 0.243 e. The fraction of sp³-hybridized carbons (Fsp3) is 0.333. The van der Waals surface area contributed by atoms with Crippen molar-refractivity contribution in [3.05, 3.63) is 71.9 Å². The molecule has 2 aromatic carbocycles. The number of sulfonamides is 1. The average molecular weight is 483 g/mol. The Labute approximate surface area is 197 Å². The lowest BCUT2D eigenvalue weighted by atomic mass is 10.2. The molecule has 1 aliphatic heterocycles. The lowest BCUT2D eigenvalue weighted by Gasteiger charge is -2.30. The van der Waals surface area contributed by atoms with Gasteiger partial charge in [-0.25, -0.2) is 18.4 Å². The van der Waals surface area contributed by atoms with Gasteiger partial charge in [-0.15, -0.1) is 0 Å². The van der Waals surface area contributed by atoms with E-state index in [0.717, 1.165) is 40.4 Å². The Morgan fingerprint density at radius 3 is 2.48 bits per heavy atom. The molecule has 1 aliphatic rings. The molecule has 1 fully saturated rings. The molecule has 0 N–H and O–H groups in total. The minimum atomic E-state index is -3.46. The van der Waals surface area contributed by atoms with Crippen LogP contribution >= 0.6 is 11.8 Å². The maximum atomic E-state index is 13.0. The molecule has 0 spiro atoms. The Kier molecular flexibility index (Phi) is 6.03. The van der Waals surface area contributed by atoms with Gasteiger partial charge in [0.2, 0.25) is 10.0 Å². The summed E-state index contributed by atoms with van der Waals surface area (Å²) in [7, 11) is -3.46. The van der Waals surface area contributed by atoms with Gasteiger partial charge in [0.15, 0.2) is 11.0 Å². The van der Waals surface area contributed by atoms with E-state index in [9.17, 15) is 8.42 Å². The number of imidazole rings is 1. The molecule has 0 unspecified atom stereocenters. The smallest absolute Gasteiger partial charge is 0.243 e. The first-order chi connectivity index (χ1) is 15.9. The number of hydrogen-bond acceptors (Lipinski definition) is 6. The number of benzene rings is 2. The van der Waals surface area contributed by atoms with Crippen molar-refractivity contribution in [2.75, 3.05) is 13.1 Å². The highest BCUT2D eigenvalue weighted by molar-refractivity contribution is 7.99. The van der Waals surface area contributed by atoms with Crippen LogP contribution in [0.2, 0.25) is 0 Å². The van der Waals surface area contributed by atoms with Gasteiger partial charge in [-0.05, 0) is 44.0 Å². The van der Waals surface area contributed by atoms with Crippen molar-refractivity contribution >= 4 is 32.8 Å². The highest BCUT2D eigenvalue weighted by Crippen LogP contribution is 2.34. The molecule has 9 heteroatoms. The van der Waals surface area contributed by atoms with Gasteiger partial charge in [0, 0.05) is 25.3 Å². The minimum absolute atomic E-state index is 0.293. The predicted molar refractivity (Wildman–Crippen MR) is 129 cm³/mol. The van der Waals surface area contributed by atoms with Gasteiger partial charge in [0.1, 0.15) is 5.76 Å². The summed E-state index contributed by atoms with van der Waals surface area (Å²) in [6, 6.07) is 15.1. The highest BCUT2D eigenvalue weighted by Gasteiger charge is 2.30. The zero-order chi connectivity index (χ0) is 23.0. The summed E-state index contributed by atoms with van der Waals surface area (Å²) in [5.74, 6) is 1.43. The summed E-state index contributed by atoms with van der Waals surface area (Å²) in [6.45, 7) is 5.37. The Bertz CT molecular complexity index is 1370. The predicted octanol–water partition coefficient (Wildman–Crippen LogP) is 4.63. The molecule has 0 atom stereocenters. The second kappa shape index (κ2) is 8.96. The van der Waals surface area contributed by atoms with Crippen LogP contribution in [0.1, 0.15) is 30.1 Å². The van der Waals surface area contributed by atoms with Gasteiger partial charge in [0.25, 0.3) is 0 Å². The highest BCUT2D eigenvalue weighted by atomic mass is 32.2. The molecule has 5 rings (SSSR count). The van der Waals surface area contributed by atoms with Crippen LogP contribution in [0.3, 0.4) is 0 Å². The van der Waals surface area contributed by atoms with Crippen LogP contribution in [0.5, 0.6) is 0 Å². The number of oxazole rings is 1. The van der Waals surface area contributed by atoms with E-state index in [4.69, 9.17) is 9.40 Å². The number of para-hydroxylation sites is 2. The lowest BCUT2D eigenvalue weighted by molar-refractivity contribution is 0.352. The number of piperidine rings is 1. The van der Waals surface area contributed by atoms with Crippen LogP contribution in [0.15, 0.2) is 69.2 Å². The summed E-state index contributed by atoms with van der Waals surface area (Å²) in [4.78, 5) is 9.44. The zero-order valence-corrected chi connectivity index (χ0v) is 20.3. The quantitative estimate of drug-likeness (QED) is 0.398. The molecule has 0 bridgehead atoms. The van der Waals surface area contributed by atoms with Crippen LogP contribution in [-0.4, -0.2) is 45.6 Å². The molecule has 172 valence electrons. The van der Waals surface area contributed by atoms with E-state index in [1.54, 1.807) is 34.4 Å². The number of thioether (sulfide) groups is 1. The van der Waals surface area contributed by atoms with Crippen molar-refractivity contribution in [2.24, 2.45) is 0 Å². The molecular formula is C24H26N4O3S2. The number of nitrogens with zero attached hydrogens (tertiary/aromatic N) is 4. The summed E-state index contributed by atoms with van der Waals surface area (Å²) in [5.41, 5.74) is 3.04. The van der Waals surface area contributed by atoms with E-state index in [1.165, 1.54) is 0 Å². The van der Waals surface area contributed by atoms with E-state index in [1.807, 2.05) is 44.2 Å². The molecule has 1 saturated heterocycles. The van der Waals surface area contributed by atoms with Crippen LogP contribution < -0.4 is 0 Å². The minimum Gasteiger partial charge on any atom is -0.444 e. The third-order valence-corrected chi connectivity index (χ3v) is 9.17. The normalized spacial score (nSPS) is 15.9. The fourth-order valence-corrected chi connectivity index (χ4v) is 6.78. The van der Waals surface area contributed by atoms with E-state index >= 15 is 0 Å². The third kappa shape index (κ3) is 4.58. The Balaban J connectivity index is 1.32. The van der Waals surface area contributed by atoms with Crippen molar-refractivity contribution < 1.29 is 12.8 Å². The van der Waals surface area contributed by atoms with Crippen molar-refractivity contribution in [1.29, 1.82) is 0 Å². The zero-order valence-electron chi connectivity index (χ0n) is 18.6. The number of aromatic nitrogens is 3. The van der Waals surface area contributed by atoms with Crippen LogP contribution in [0.4, 0.5) is 0 Å². The topological polar surface area (TPSA) is 81.2 Å². The van der Waals surface area contributed by atoms with Gasteiger partial charge >= 0.3 is 0 Å². The van der Waals surface area contributed by atoms with E-state index in [-0.39, 0.29) is 0 Å². The summed E-state index contributed by atoms with van der Waals surface area (Å²) < 4.78 is 35.5. The summed E-state index contributed by atoms with van der Waals surface area (Å²) in [6.07, 6.45) is 3.31. The van der Waals surface area contributed by atoms with Crippen molar-refractivity contribution in [1.82, 2.24) is 18.8 Å². The van der Waals surface area contributed by atoms with E-state index in [0.29, 0.717) is 35.7 Å².